The molecule has 0 aromatic carbocycles. The molecule has 0 radical (unpaired) electrons. The molecule has 0 aromatic heterocycles. The molecule has 0 aromatic rings. The Morgan fingerprint density at radius 3 is 2.72 bits per heavy atom. The highest BCUT2D eigenvalue weighted by Crippen LogP contribution is 2.19. The van der Waals surface area contributed by atoms with Gasteiger partial charge in [0.15, 0.2) is 0 Å². The maximum absolute atomic E-state index is 10.1. The van der Waals surface area contributed by atoms with Gasteiger partial charge in [-0.3, -0.25) is 4.90 Å². The molecule has 0 amide bonds. The van der Waals surface area contributed by atoms with Crippen molar-refractivity contribution in [1.82, 2.24) is 4.90 Å². The van der Waals surface area contributed by atoms with E-state index in [2.05, 4.69) is 11.8 Å². The summed E-state index contributed by atoms with van der Waals surface area (Å²) < 4.78 is 5.50. The molecule has 2 atom stereocenters. The molecule has 0 spiro atoms. The summed E-state index contributed by atoms with van der Waals surface area (Å²) in [4.78, 5) is 2.49. The van der Waals surface area contributed by atoms with Crippen LogP contribution in [0.25, 0.3) is 0 Å². The monoisotopic (exact) mass is 257 g/mol. The van der Waals surface area contributed by atoms with Gasteiger partial charge in [-0.25, -0.2) is 0 Å². The van der Waals surface area contributed by atoms with Gasteiger partial charge in [-0.1, -0.05) is 19.8 Å². The standard InChI is InChI=1S/C15H31NO2/c1-4-14-8-6-5-7-10-16(14)12-15(17)9-11-18-13(2)3/h13-15,17H,4-12H2,1-3H3/t14-,15+/m1/s1. The average Bonchev–Trinajstić information content (AvgIpc) is 2.53. The summed E-state index contributed by atoms with van der Waals surface area (Å²) in [7, 11) is 0. The molecule has 3 heteroatoms. The van der Waals surface area contributed by atoms with Gasteiger partial charge >= 0.3 is 0 Å². The molecule has 3 nitrogen and oxygen atoms in total. The smallest absolute Gasteiger partial charge is 0.0689 e. The highest BCUT2D eigenvalue weighted by atomic mass is 16.5. The summed E-state index contributed by atoms with van der Waals surface area (Å²) in [5.41, 5.74) is 0. The Balaban J connectivity index is 2.28. The maximum atomic E-state index is 10.1. The Morgan fingerprint density at radius 1 is 1.28 bits per heavy atom. The molecular formula is C15H31NO2. The van der Waals surface area contributed by atoms with Gasteiger partial charge in [0.25, 0.3) is 0 Å². The van der Waals surface area contributed by atoms with Crippen LogP contribution in [0, 0.1) is 0 Å². The normalized spacial score (nSPS) is 24.2. The lowest BCUT2D eigenvalue weighted by Gasteiger charge is -2.31. The van der Waals surface area contributed by atoms with Crippen LogP contribution in [0.5, 0.6) is 0 Å². The second-order valence-electron chi connectivity index (χ2n) is 5.77. The third-order valence-electron chi connectivity index (χ3n) is 3.82. The van der Waals surface area contributed by atoms with Crippen molar-refractivity contribution in [2.24, 2.45) is 0 Å². The zero-order valence-electron chi connectivity index (χ0n) is 12.4. The third kappa shape index (κ3) is 6.17. The maximum Gasteiger partial charge on any atom is 0.0689 e. The molecule has 1 fully saturated rings. The number of ether oxygens (including phenoxy) is 1. The van der Waals surface area contributed by atoms with E-state index in [0.717, 1.165) is 19.5 Å². The predicted molar refractivity (Wildman–Crippen MR) is 75.8 cm³/mol. The van der Waals surface area contributed by atoms with E-state index in [1.54, 1.807) is 0 Å². The van der Waals surface area contributed by atoms with Gasteiger partial charge in [0.05, 0.1) is 12.2 Å². The predicted octanol–water partition coefficient (Wildman–Crippen LogP) is 2.82. The molecular weight excluding hydrogens is 226 g/mol. The zero-order valence-corrected chi connectivity index (χ0v) is 12.4. The minimum absolute atomic E-state index is 0.240. The lowest BCUT2D eigenvalue weighted by atomic mass is 10.1. The molecule has 1 N–H and O–H groups in total. The summed E-state index contributed by atoms with van der Waals surface area (Å²) in [6, 6.07) is 0.674. The van der Waals surface area contributed by atoms with E-state index in [9.17, 15) is 5.11 Å². The molecule has 0 saturated carbocycles. The first-order chi connectivity index (χ1) is 8.63. The van der Waals surface area contributed by atoms with Crippen LogP contribution in [0.1, 0.15) is 59.3 Å². The molecule has 1 rings (SSSR count). The second kappa shape index (κ2) is 8.89. The molecule has 0 unspecified atom stereocenters. The summed E-state index contributed by atoms with van der Waals surface area (Å²) >= 11 is 0. The van der Waals surface area contributed by atoms with Crippen molar-refractivity contribution in [3.8, 4) is 0 Å². The van der Waals surface area contributed by atoms with Crippen molar-refractivity contribution in [2.75, 3.05) is 19.7 Å². The van der Waals surface area contributed by atoms with Gasteiger partial charge in [-0.05, 0) is 46.1 Å². The Kier molecular flexibility index (Phi) is 7.87. The topological polar surface area (TPSA) is 32.7 Å². The fourth-order valence-corrected chi connectivity index (χ4v) is 2.74. The van der Waals surface area contributed by atoms with E-state index in [-0.39, 0.29) is 12.2 Å². The minimum Gasteiger partial charge on any atom is -0.392 e. The van der Waals surface area contributed by atoms with Gasteiger partial charge in [-0.15, -0.1) is 0 Å². The number of aliphatic hydroxyl groups is 1. The van der Waals surface area contributed by atoms with Crippen molar-refractivity contribution in [3.05, 3.63) is 0 Å². The summed E-state index contributed by atoms with van der Waals surface area (Å²) in [6.45, 7) is 8.98. The SMILES string of the molecule is CC[C@@H]1CCCCCN1C[C@@H](O)CCOC(C)C. The van der Waals surface area contributed by atoms with Crippen molar-refractivity contribution >= 4 is 0 Å². The average molecular weight is 257 g/mol. The Labute approximate surface area is 113 Å². The van der Waals surface area contributed by atoms with Crippen LogP contribution in [-0.4, -0.2) is 48.0 Å². The highest BCUT2D eigenvalue weighted by Gasteiger charge is 2.21. The van der Waals surface area contributed by atoms with Crippen LogP contribution in [0.3, 0.4) is 0 Å². The second-order valence-corrected chi connectivity index (χ2v) is 5.77. The fourth-order valence-electron chi connectivity index (χ4n) is 2.74. The largest absolute Gasteiger partial charge is 0.392 e. The minimum atomic E-state index is -0.240. The van der Waals surface area contributed by atoms with E-state index in [4.69, 9.17) is 4.74 Å². The van der Waals surface area contributed by atoms with Crippen LogP contribution >= 0.6 is 0 Å². The molecule has 108 valence electrons. The van der Waals surface area contributed by atoms with E-state index in [1.165, 1.54) is 32.1 Å². The quantitative estimate of drug-likeness (QED) is 0.761. The number of hydrogen-bond donors (Lipinski definition) is 1. The Hall–Kier alpha value is -0.120. The van der Waals surface area contributed by atoms with Crippen LogP contribution in [-0.2, 0) is 4.74 Å². The summed E-state index contributed by atoms with van der Waals surface area (Å²) in [5, 5.41) is 10.1. The molecule has 1 saturated heterocycles. The summed E-state index contributed by atoms with van der Waals surface area (Å²) in [5.74, 6) is 0. The van der Waals surface area contributed by atoms with Gasteiger partial charge < -0.3 is 9.84 Å². The third-order valence-corrected chi connectivity index (χ3v) is 3.82. The first kappa shape index (κ1) is 15.9. The van der Waals surface area contributed by atoms with Crippen molar-refractivity contribution in [2.45, 2.75) is 77.5 Å². The number of hydrogen-bond acceptors (Lipinski definition) is 3. The van der Waals surface area contributed by atoms with Crippen molar-refractivity contribution < 1.29 is 9.84 Å². The van der Waals surface area contributed by atoms with Crippen LogP contribution in [0.2, 0.25) is 0 Å². The van der Waals surface area contributed by atoms with Crippen molar-refractivity contribution in [3.63, 3.8) is 0 Å². The number of β-amino-alcohol motifs (C(OH)–C–C–N with tert-alkyl or cyclic N) is 1. The molecule has 0 aliphatic carbocycles. The lowest BCUT2D eigenvalue weighted by molar-refractivity contribution is 0.0279. The van der Waals surface area contributed by atoms with Gasteiger partial charge in [0.2, 0.25) is 0 Å². The molecule has 18 heavy (non-hydrogen) atoms. The number of likely N-dealkylation sites (tertiary alicyclic amines) is 1. The lowest BCUT2D eigenvalue weighted by Crippen LogP contribution is -2.40. The van der Waals surface area contributed by atoms with Crippen LogP contribution < -0.4 is 0 Å². The van der Waals surface area contributed by atoms with E-state index < -0.39 is 0 Å². The van der Waals surface area contributed by atoms with E-state index in [1.807, 2.05) is 13.8 Å². The molecule has 1 heterocycles. The van der Waals surface area contributed by atoms with E-state index >= 15 is 0 Å². The van der Waals surface area contributed by atoms with Crippen LogP contribution in [0.15, 0.2) is 0 Å². The first-order valence-electron chi connectivity index (χ1n) is 7.67. The van der Waals surface area contributed by atoms with Gasteiger partial charge in [-0.2, -0.15) is 0 Å². The Morgan fingerprint density at radius 2 is 2.06 bits per heavy atom. The number of nitrogens with zero attached hydrogens (tertiary/aromatic N) is 1. The molecule has 0 bridgehead atoms. The Bertz CT molecular complexity index is 209. The van der Waals surface area contributed by atoms with Gasteiger partial charge in [0, 0.05) is 19.2 Å². The highest BCUT2D eigenvalue weighted by molar-refractivity contribution is 4.76. The van der Waals surface area contributed by atoms with Gasteiger partial charge in [0.1, 0.15) is 0 Å². The molecule has 1 aliphatic rings. The number of aliphatic hydroxyl groups excluding tert-OH is 1. The first-order valence-corrected chi connectivity index (χ1v) is 7.67. The summed E-state index contributed by atoms with van der Waals surface area (Å²) in [6.07, 6.45) is 7.26. The van der Waals surface area contributed by atoms with E-state index in [0.29, 0.717) is 12.6 Å². The van der Waals surface area contributed by atoms with Crippen LogP contribution in [0.4, 0.5) is 0 Å². The fraction of sp³-hybridized carbons (Fsp3) is 1.00. The number of rotatable bonds is 7. The van der Waals surface area contributed by atoms with Crippen molar-refractivity contribution in [1.29, 1.82) is 0 Å². The molecule has 1 aliphatic heterocycles. The zero-order chi connectivity index (χ0) is 13.4.